The van der Waals surface area contributed by atoms with Crippen LogP contribution in [0.1, 0.15) is 5.56 Å². The van der Waals surface area contributed by atoms with Crippen molar-refractivity contribution in [1.29, 1.82) is 0 Å². The highest BCUT2D eigenvalue weighted by molar-refractivity contribution is 5.78. The van der Waals surface area contributed by atoms with E-state index in [1.54, 1.807) is 7.11 Å². The van der Waals surface area contributed by atoms with E-state index < -0.39 is 0 Å². The summed E-state index contributed by atoms with van der Waals surface area (Å²) in [5.41, 5.74) is 2.28. The Balaban J connectivity index is 1.74. The smallest absolute Gasteiger partial charge is 0.0931 e. The molecule has 20 heavy (non-hydrogen) atoms. The van der Waals surface area contributed by atoms with Crippen LogP contribution in [0.25, 0.3) is 10.9 Å². The number of para-hydroxylation sites is 1. The van der Waals surface area contributed by atoms with E-state index in [1.165, 1.54) is 10.9 Å². The van der Waals surface area contributed by atoms with Gasteiger partial charge in [-0.05, 0) is 17.7 Å². The maximum atomic E-state index is 5.55. The third kappa shape index (κ3) is 3.15. The lowest BCUT2D eigenvalue weighted by Gasteiger charge is -2.22. The molecule has 1 fully saturated rings. The van der Waals surface area contributed by atoms with Crippen molar-refractivity contribution in [2.75, 3.05) is 33.4 Å². The zero-order valence-corrected chi connectivity index (χ0v) is 11.8. The Morgan fingerprint density at radius 2 is 2.30 bits per heavy atom. The van der Waals surface area contributed by atoms with E-state index in [0.717, 1.165) is 31.8 Å². The summed E-state index contributed by atoms with van der Waals surface area (Å²) in [4.78, 5) is 6.89. The summed E-state index contributed by atoms with van der Waals surface area (Å²) in [5.74, 6) is 0. The minimum atomic E-state index is 0.158. The van der Waals surface area contributed by atoms with Gasteiger partial charge in [0.2, 0.25) is 0 Å². The molecule has 1 atom stereocenters. The molecular formula is C16H20N2O2. The molecule has 106 valence electrons. The molecule has 1 aromatic carbocycles. The van der Waals surface area contributed by atoms with Crippen LogP contribution >= 0.6 is 0 Å². The molecule has 1 aromatic heterocycles. The third-order valence-electron chi connectivity index (χ3n) is 3.70. The van der Waals surface area contributed by atoms with Crippen molar-refractivity contribution in [1.82, 2.24) is 9.88 Å². The molecular weight excluding hydrogens is 252 g/mol. The molecule has 1 aliphatic rings. The van der Waals surface area contributed by atoms with E-state index in [0.29, 0.717) is 6.61 Å². The molecule has 1 aliphatic heterocycles. The van der Waals surface area contributed by atoms with Gasteiger partial charge in [-0.1, -0.05) is 18.2 Å². The lowest BCUT2D eigenvalue weighted by molar-refractivity contribution is 0.0225. The second-order valence-electron chi connectivity index (χ2n) is 5.20. The Morgan fingerprint density at radius 3 is 3.20 bits per heavy atom. The van der Waals surface area contributed by atoms with E-state index in [1.807, 2.05) is 18.3 Å². The molecule has 3 rings (SSSR count). The van der Waals surface area contributed by atoms with Gasteiger partial charge in [0, 0.05) is 38.3 Å². The minimum absolute atomic E-state index is 0.158. The van der Waals surface area contributed by atoms with Crippen molar-refractivity contribution in [2.45, 2.75) is 12.6 Å². The maximum absolute atomic E-state index is 5.55. The first-order valence-corrected chi connectivity index (χ1v) is 7.02. The zero-order chi connectivity index (χ0) is 13.8. The lowest BCUT2D eigenvalue weighted by atomic mass is 10.1. The number of rotatable bonds is 3. The summed E-state index contributed by atoms with van der Waals surface area (Å²) in [6.07, 6.45) is 2.13. The molecule has 1 saturated heterocycles. The summed E-state index contributed by atoms with van der Waals surface area (Å²) in [7, 11) is 1.75. The van der Waals surface area contributed by atoms with Crippen molar-refractivity contribution in [2.24, 2.45) is 0 Å². The average molecular weight is 272 g/mol. The van der Waals surface area contributed by atoms with Crippen LogP contribution in [0.5, 0.6) is 0 Å². The Hall–Kier alpha value is -1.49. The van der Waals surface area contributed by atoms with Gasteiger partial charge in [-0.2, -0.15) is 0 Å². The van der Waals surface area contributed by atoms with E-state index in [9.17, 15) is 0 Å². The van der Waals surface area contributed by atoms with E-state index in [4.69, 9.17) is 9.47 Å². The highest BCUT2D eigenvalue weighted by atomic mass is 16.5. The summed E-state index contributed by atoms with van der Waals surface area (Å²) in [5, 5.41) is 1.19. The van der Waals surface area contributed by atoms with Gasteiger partial charge in [0.25, 0.3) is 0 Å². The second-order valence-corrected chi connectivity index (χ2v) is 5.20. The van der Waals surface area contributed by atoms with Gasteiger partial charge in [-0.25, -0.2) is 0 Å². The molecule has 0 aliphatic carbocycles. The van der Waals surface area contributed by atoms with Gasteiger partial charge in [-0.15, -0.1) is 0 Å². The molecule has 0 saturated carbocycles. The van der Waals surface area contributed by atoms with Gasteiger partial charge in [0.05, 0.1) is 24.8 Å². The molecule has 0 radical (unpaired) electrons. The number of ether oxygens (including phenoxy) is 2. The number of methoxy groups -OCH3 is 1. The van der Waals surface area contributed by atoms with Crippen LogP contribution in [0.4, 0.5) is 0 Å². The van der Waals surface area contributed by atoms with Crippen LogP contribution in [-0.4, -0.2) is 49.4 Å². The van der Waals surface area contributed by atoms with Crippen LogP contribution in [-0.2, 0) is 16.0 Å². The standard InChI is InChI=1S/C16H20N2O2/c1-19-15-11-18(6-7-20-12-15)10-13-8-14-4-2-3-5-16(14)17-9-13/h2-5,8-9,15H,6-7,10-12H2,1H3/t15-/m1/s1. The van der Waals surface area contributed by atoms with Crippen molar-refractivity contribution in [3.05, 3.63) is 42.1 Å². The average Bonchev–Trinajstić information content (AvgIpc) is 2.72. The number of fused-ring (bicyclic) bond motifs is 1. The number of benzene rings is 1. The largest absolute Gasteiger partial charge is 0.378 e. The molecule has 4 heteroatoms. The Bertz CT molecular complexity index is 573. The van der Waals surface area contributed by atoms with E-state index in [2.05, 4.69) is 28.1 Å². The van der Waals surface area contributed by atoms with Crippen molar-refractivity contribution in [3.8, 4) is 0 Å². The first-order chi connectivity index (χ1) is 9.85. The molecule has 0 unspecified atom stereocenters. The maximum Gasteiger partial charge on any atom is 0.0931 e. The normalized spacial score (nSPS) is 20.9. The highest BCUT2D eigenvalue weighted by Gasteiger charge is 2.18. The topological polar surface area (TPSA) is 34.6 Å². The Labute approximate surface area is 119 Å². The summed E-state index contributed by atoms with van der Waals surface area (Å²) < 4.78 is 11.0. The highest BCUT2D eigenvalue weighted by Crippen LogP contribution is 2.15. The fourth-order valence-electron chi connectivity index (χ4n) is 2.59. The number of pyridine rings is 1. The van der Waals surface area contributed by atoms with Gasteiger partial charge in [0.15, 0.2) is 0 Å². The lowest BCUT2D eigenvalue weighted by Crippen LogP contribution is -2.33. The van der Waals surface area contributed by atoms with Crippen molar-refractivity contribution in [3.63, 3.8) is 0 Å². The van der Waals surface area contributed by atoms with Crippen LogP contribution in [0.2, 0.25) is 0 Å². The first-order valence-electron chi connectivity index (χ1n) is 7.02. The van der Waals surface area contributed by atoms with Gasteiger partial charge >= 0.3 is 0 Å². The first kappa shape index (κ1) is 13.5. The molecule has 2 heterocycles. The predicted octanol–water partition coefficient (Wildman–Crippen LogP) is 2.08. The number of hydrogen-bond donors (Lipinski definition) is 0. The van der Waals surface area contributed by atoms with Gasteiger partial charge in [0.1, 0.15) is 0 Å². The molecule has 0 spiro atoms. The van der Waals surface area contributed by atoms with Gasteiger partial charge < -0.3 is 9.47 Å². The molecule has 0 bridgehead atoms. The van der Waals surface area contributed by atoms with Crippen LogP contribution in [0.3, 0.4) is 0 Å². The van der Waals surface area contributed by atoms with E-state index in [-0.39, 0.29) is 6.10 Å². The van der Waals surface area contributed by atoms with Crippen molar-refractivity contribution < 1.29 is 9.47 Å². The molecule has 0 amide bonds. The second kappa shape index (κ2) is 6.31. The van der Waals surface area contributed by atoms with Crippen LogP contribution in [0, 0.1) is 0 Å². The fraction of sp³-hybridized carbons (Fsp3) is 0.438. The van der Waals surface area contributed by atoms with Crippen molar-refractivity contribution >= 4 is 10.9 Å². The third-order valence-corrected chi connectivity index (χ3v) is 3.70. The molecule has 0 N–H and O–H groups in total. The predicted molar refractivity (Wildman–Crippen MR) is 78.6 cm³/mol. The minimum Gasteiger partial charge on any atom is -0.378 e. The van der Waals surface area contributed by atoms with Gasteiger partial charge in [-0.3, -0.25) is 9.88 Å². The monoisotopic (exact) mass is 272 g/mol. The number of hydrogen-bond acceptors (Lipinski definition) is 4. The number of nitrogens with zero attached hydrogens (tertiary/aromatic N) is 2. The quantitative estimate of drug-likeness (QED) is 0.857. The molecule has 4 nitrogen and oxygen atoms in total. The van der Waals surface area contributed by atoms with E-state index >= 15 is 0 Å². The summed E-state index contributed by atoms with van der Waals surface area (Å²) in [6.45, 7) is 4.18. The Kier molecular flexibility index (Phi) is 4.25. The fourth-order valence-corrected chi connectivity index (χ4v) is 2.59. The number of aromatic nitrogens is 1. The zero-order valence-electron chi connectivity index (χ0n) is 11.8. The van der Waals surface area contributed by atoms with Crippen LogP contribution in [0.15, 0.2) is 36.5 Å². The molecule has 2 aromatic rings. The SMILES string of the molecule is CO[C@H]1COCCN(Cc2cnc3ccccc3c2)C1. The van der Waals surface area contributed by atoms with Crippen LogP contribution < -0.4 is 0 Å². The summed E-state index contributed by atoms with van der Waals surface area (Å²) >= 11 is 0. The Morgan fingerprint density at radius 1 is 1.40 bits per heavy atom. The summed E-state index contributed by atoms with van der Waals surface area (Å²) in [6, 6.07) is 10.4.